The Morgan fingerprint density at radius 1 is 1.38 bits per heavy atom. The molecule has 68 valence electrons. The van der Waals surface area contributed by atoms with Crippen LogP contribution >= 0.6 is 12.6 Å². The summed E-state index contributed by atoms with van der Waals surface area (Å²) >= 11 is 4.05. The Hall–Kier alpha value is -1.10. The highest BCUT2D eigenvalue weighted by atomic mass is 32.1. The normalized spacial score (nSPS) is 11.4. The van der Waals surface area contributed by atoms with Gasteiger partial charge in [0.05, 0.1) is 0 Å². The maximum Gasteiger partial charge on any atom is 0.313 e. The van der Waals surface area contributed by atoms with Gasteiger partial charge >= 0.3 is 6.43 Å². The number of alkyl halides is 2. The van der Waals surface area contributed by atoms with Gasteiger partial charge in [-0.1, -0.05) is 6.07 Å². The summed E-state index contributed by atoms with van der Waals surface area (Å²) < 4.78 is 29.1. The van der Waals surface area contributed by atoms with Crippen molar-refractivity contribution in [1.29, 1.82) is 0 Å². The first-order valence-electron chi connectivity index (χ1n) is 3.55. The number of thiol groups is 1. The topological polar surface area (TPSA) is 26.0 Å². The van der Waals surface area contributed by atoms with Crippen LogP contribution in [0, 0.1) is 0 Å². The Morgan fingerprint density at radius 2 is 2.15 bits per heavy atom. The molecular weight excluding hydrogens is 196 g/mol. The predicted octanol–water partition coefficient (Wildman–Crippen LogP) is 3.05. The lowest BCUT2D eigenvalue weighted by Gasteiger charge is -1.89. The van der Waals surface area contributed by atoms with Crippen molar-refractivity contribution in [2.75, 3.05) is 0 Å². The largest absolute Gasteiger partial charge is 0.434 e. The number of para-hydroxylation sites is 1. The summed E-state index contributed by atoms with van der Waals surface area (Å²) in [7, 11) is 0. The molecule has 0 aliphatic carbocycles. The van der Waals surface area contributed by atoms with Gasteiger partial charge in [-0.05, 0) is 12.1 Å². The van der Waals surface area contributed by atoms with E-state index in [0.29, 0.717) is 16.0 Å². The second-order valence-corrected chi connectivity index (χ2v) is 2.96. The molecule has 0 aliphatic heterocycles. The fourth-order valence-corrected chi connectivity index (χ4v) is 1.29. The van der Waals surface area contributed by atoms with Gasteiger partial charge in [0.1, 0.15) is 5.52 Å². The lowest BCUT2D eigenvalue weighted by molar-refractivity contribution is 0.117. The molecule has 5 heteroatoms. The van der Waals surface area contributed by atoms with E-state index in [9.17, 15) is 8.78 Å². The molecule has 13 heavy (non-hydrogen) atoms. The maximum atomic E-state index is 12.2. The van der Waals surface area contributed by atoms with Gasteiger partial charge in [0.2, 0.25) is 0 Å². The number of nitrogens with zero attached hydrogens (tertiary/aromatic N) is 1. The van der Waals surface area contributed by atoms with Gasteiger partial charge in [-0.3, -0.25) is 0 Å². The van der Waals surface area contributed by atoms with E-state index in [1.54, 1.807) is 18.2 Å². The van der Waals surface area contributed by atoms with Crippen molar-refractivity contribution in [3.05, 3.63) is 24.1 Å². The molecule has 0 spiro atoms. The number of benzene rings is 1. The molecule has 1 aromatic carbocycles. The molecule has 0 N–H and O–H groups in total. The Balaban J connectivity index is 2.68. The zero-order chi connectivity index (χ0) is 9.42. The van der Waals surface area contributed by atoms with E-state index in [4.69, 9.17) is 4.42 Å². The van der Waals surface area contributed by atoms with Crippen LogP contribution in [0.4, 0.5) is 8.78 Å². The lowest BCUT2D eigenvalue weighted by Crippen LogP contribution is -1.80. The molecule has 0 saturated carbocycles. The number of oxazole rings is 1. The molecule has 0 bridgehead atoms. The molecule has 0 aliphatic rings. The van der Waals surface area contributed by atoms with Crippen LogP contribution in [0.2, 0.25) is 0 Å². The van der Waals surface area contributed by atoms with Gasteiger partial charge in [0.25, 0.3) is 5.89 Å². The van der Waals surface area contributed by atoms with Crippen LogP contribution in [-0.4, -0.2) is 4.98 Å². The number of rotatable bonds is 1. The molecular formula is C8H5F2NOS. The summed E-state index contributed by atoms with van der Waals surface area (Å²) in [6.07, 6.45) is -2.68. The van der Waals surface area contributed by atoms with Crippen molar-refractivity contribution >= 4 is 23.7 Å². The van der Waals surface area contributed by atoms with Crippen molar-refractivity contribution in [2.45, 2.75) is 11.3 Å². The first-order chi connectivity index (χ1) is 6.18. The van der Waals surface area contributed by atoms with Gasteiger partial charge in [0.15, 0.2) is 5.58 Å². The minimum atomic E-state index is -2.68. The summed E-state index contributed by atoms with van der Waals surface area (Å²) in [5.41, 5.74) is 0.712. The zero-order valence-electron chi connectivity index (χ0n) is 6.37. The van der Waals surface area contributed by atoms with Crippen LogP contribution in [0.3, 0.4) is 0 Å². The van der Waals surface area contributed by atoms with Crippen molar-refractivity contribution in [2.24, 2.45) is 0 Å². The van der Waals surface area contributed by atoms with Crippen LogP contribution in [0.1, 0.15) is 12.3 Å². The fraction of sp³-hybridized carbons (Fsp3) is 0.125. The molecule has 0 radical (unpaired) electrons. The smallest absolute Gasteiger partial charge is 0.313 e. The van der Waals surface area contributed by atoms with Crippen LogP contribution in [0.15, 0.2) is 27.5 Å². The SMILES string of the molecule is FC(F)c1nc2cccc(S)c2o1. The van der Waals surface area contributed by atoms with E-state index >= 15 is 0 Å². The molecule has 2 aromatic rings. The quantitative estimate of drug-likeness (QED) is 0.717. The van der Waals surface area contributed by atoms with E-state index in [1.165, 1.54) is 0 Å². The third-order valence-electron chi connectivity index (χ3n) is 1.60. The molecule has 0 atom stereocenters. The summed E-state index contributed by atoms with van der Waals surface area (Å²) in [5, 5.41) is 0. The minimum absolute atomic E-state index is 0.307. The highest BCUT2D eigenvalue weighted by Crippen LogP contribution is 2.27. The first-order valence-corrected chi connectivity index (χ1v) is 4.00. The molecule has 2 rings (SSSR count). The second-order valence-electron chi connectivity index (χ2n) is 2.48. The third-order valence-corrected chi connectivity index (χ3v) is 1.95. The van der Waals surface area contributed by atoms with Crippen molar-refractivity contribution in [1.82, 2.24) is 4.98 Å². The van der Waals surface area contributed by atoms with Gasteiger partial charge in [-0.25, -0.2) is 4.98 Å². The average molecular weight is 201 g/mol. The van der Waals surface area contributed by atoms with Crippen molar-refractivity contribution in [3.63, 3.8) is 0 Å². The molecule has 1 aromatic heterocycles. The fourth-order valence-electron chi connectivity index (χ4n) is 1.05. The lowest BCUT2D eigenvalue weighted by atomic mass is 10.3. The van der Waals surface area contributed by atoms with Crippen LogP contribution in [0.5, 0.6) is 0 Å². The Kier molecular flexibility index (Phi) is 1.95. The van der Waals surface area contributed by atoms with Crippen LogP contribution in [0.25, 0.3) is 11.1 Å². The highest BCUT2D eigenvalue weighted by molar-refractivity contribution is 7.80. The van der Waals surface area contributed by atoms with Gasteiger partial charge in [-0.15, -0.1) is 12.6 Å². The summed E-state index contributed by atoms with van der Waals surface area (Å²) in [6, 6.07) is 4.94. The van der Waals surface area contributed by atoms with Crippen LogP contribution < -0.4 is 0 Å². The monoisotopic (exact) mass is 201 g/mol. The van der Waals surface area contributed by atoms with Crippen LogP contribution in [-0.2, 0) is 0 Å². The average Bonchev–Trinajstić information content (AvgIpc) is 2.49. The second kappa shape index (κ2) is 2.99. The number of hydrogen-bond donors (Lipinski definition) is 1. The Bertz CT molecular complexity index is 441. The van der Waals surface area contributed by atoms with Gasteiger partial charge in [-0.2, -0.15) is 8.78 Å². The van der Waals surface area contributed by atoms with E-state index < -0.39 is 12.3 Å². The molecule has 0 saturated heterocycles. The Morgan fingerprint density at radius 3 is 2.77 bits per heavy atom. The number of fused-ring (bicyclic) bond motifs is 1. The van der Waals surface area contributed by atoms with E-state index in [1.807, 2.05) is 0 Å². The molecule has 0 unspecified atom stereocenters. The van der Waals surface area contributed by atoms with Crippen molar-refractivity contribution < 1.29 is 13.2 Å². The van der Waals surface area contributed by atoms with E-state index in [0.717, 1.165) is 0 Å². The molecule has 2 nitrogen and oxygen atoms in total. The summed E-state index contributed by atoms with van der Waals surface area (Å²) in [5.74, 6) is -0.559. The molecule has 0 amide bonds. The van der Waals surface area contributed by atoms with E-state index in [-0.39, 0.29) is 0 Å². The van der Waals surface area contributed by atoms with Crippen molar-refractivity contribution in [3.8, 4) is 0 Å². The zero-order valence-corrected chi connectivity index (χ0v) is 7.26. The van der Waals surface area contributed by atoms with Gasteiger partial charge in [0, 0.05) is 4.90 Å². The summed E-state index contributed by atoms with van der Waals surface area (Å²) in [6.45, 7) is 0. The predicted molar refractivity (Wildman–Crippen MR) is 46.2 cm³/mol. The van der Waals surface area contributed by atoms with E-state index in [2.05, 4.69) is 17.6 Å². The first kappa shape index (κ1) is 8.50. The highest BCUT2D eigenvalue weighted by Gasteiger charge is 2.16. The molecule has 0 fully saturated rings. The minimum Gasteiger partial charge on any atom is -0.434 e. The third kappa shape index (κ3) is 1.39. The number of aromatic nitrogens is 1. The summed E-state index contributed by atoms with van der Waals surface area (Å²) in [4.78, 5) is 4.12. The Labute approximate surface area is 78.0 Å². The van der Waals surface area contributed by atoms with Gasteiger partial charge < -0.3 is 4.42 Å². The standard InChI is InChI=1S/C8H5F2NOS/c9-7(10)8-11-4-2-1-3-5(13)6(4)12-8/h1-3,7,13H. The number of halogens is 2. The number of hydrogen-bond acceptors (Lipinski definition) is 3. The molecule has 1 heterocycles. The maximum absolute atomic E-state index is 12.2.